The Morgan fingerprint density at radius 2 is 2.32 bits per heavy atom. The summed E-state index contributed by atoms with van der Waals surface area (Å²) in [5, 5.41) is 6.07. The van der Waals surface area contributed by atoms with Gasteiger partial charge in [-0.05, 0) is 42.3 Å². The Morgan fingerprint density at radius 3 is 3.11 bits per heavy atom. The van der Waals surface area contributed by atoms with Crippen molar-refractivity contribution in [2.24, 2.45) is 0 Å². The zero-order valence-corrected chi connectivity index (χ0v) is 11.3. The van der Waals surface area contributed by atoms with Crippen LogP contribution < -0.4 is 15.4 Å². The summed E-state index contributed by atoms with van der Waals surface area (Å²) in [7, 11) is 0. The van der Waals surface area contributed by atoms with Gasteiger partial charge in [0.25, 0.3) is 0 Å². The van der Waals surface area contributed by atoms with Crippen LogP contribution in [0.2, 0.25) is 0 Å². The molecule has 4 nitrogen and oxygen atoms in total. The van der Waals surface area contributed by atoms with Crippen LogP contribution in [0.15, 0.2) is 30.4 Å². The van der Waals surface area contributed by atoms with Crippen molar-refractivity contribution in [3.8, 4) is 5.75 Å². The first-order valence-electron chi connectivity index (χ1n) is 6.62. The van der Waals surface area contributed by atoms with E-state index >= 15 is 0 Å². The fourth-order valence-electron chi connectivity index (χ4n) is 1.99. The third-order valence-electron chi connectivity index (χ3n) is 3.04. The van der Waals surface area contributed by atoms with Crippen molar-refractivity contribution >= 4 is 11.6 Å². The number of amides is 1. The van der Waals surface area contributed by atoms with Crippen molar-refractivity contribution < 1.29 is 9.53 Å². The minimum Gasteiger partial charge on any atom is -0.489 e. The zero-order valence-electron chi connectivity index (χ0n) is 11.3. The molecule has 1 aliphatic rings. The molecule has 0 spiro atoms. The molecule has 0 unspecified atom stereocenters. The highest BCUT2D eigenvalue weighted by molar-refractivity contribution is 5.93. The van der Waals surface area contributed by atoms with Gasteiger partial charge in [-0.3, -0.25) is 4.79 Å². The summed E-state index contributed by atoms with van der Waals surface area (Å²) >= 11 is 0. The quantitative estimate of drug-likeness (QED) is 0.770. The number of likely N-dealkylation sites (N-methyl/N-ethyl adjacent to an activating group) is 1. The van der Waals surface area contributed by atoms with E-state index in [4.69, 9.17) is 4.74 Å². The average Bonchev–Trinajstić information content (AvgIpc) is 2.42. The van der Waals surface area contributed by atoms with E-state index in [1.54, 1.807) is 0 Å². The molecule has 0 bridgehead atoms. The summed E-state index contributed by atoms with van der Waals surface area (Å²) in [6.07, 6.45) is 1.32. The maximum Gasteiger partial charge on any atom is 0.224 e. The smallest absolute Gasteiger partial charge is 0.224 e. The fraction of sp³-hybridized carbons (Fsp3) is 0.400. The lowest BCUT2D eigenvalue weighted by atomic mass is 10.0. The summed E-state index contributed by atoms with van der Waals surface area (Å²) in [5.41, 5.74) is 3.05. The van der Waals surface area contributed by atoms with Crippen molar-refractivity contribution in [3.05, 3.63) is 35.9 Å². The van der Waals surface area contributed by atoms with Gasteiger partial charge in [-0.25, -0.2) is 0 Å². The molecule has 1 aromatic carbocycles. The Kier molecular flexibility index (Phi) is 4.58. The molecule has 4 heteroatoms. The van der Waals surface area contributed by atoms with Gasteiger partial charge in [-0.2, -0.15) is 0 Å². The zero-order chi connectivity index (χ0) is 13.7. The molecule has 0 aliphatic carbocycles. The first-order valence-corrected chi connectivity index (χ1v) is 6.62. The summed E-state index contributed by atoms with van der Waals surface area (Å²) in [6, 6.07) is 5.77. The van der Waals surface area contributed by atoms with Gasteiger partial charge in [-0.1, -0.05) is 13.5 Å². The average molecular weight is 260 g/mol. The van der Waals surface area contributed by atoms with Gasteiger partial charge in [0, 0.05) is 18.7 Å². The molecule has 102 valence electrons. The molecule has 1 aromatic rings. The molecule has 1 heterocycles. The molecule has 0 fully saturated rings. The van der Waals surface area contributed by atoms with Crippen LogP contribution in [-0.4, -0.2) is 25.6 Å². The Balaban J connectivity index is 1.91. The van der Waals surface area contributed by atoms with E-state index in [2.05, 4.69) is 24.1 Å². The lowest BCUT2D eigenvalue weighted by Gasteiger charge is -2.18. The number of fused-ring (bicyclic) bond motifs is 1. The second-order valence-corrected chi connectivity index (χ2v) is 4.69. The Hall–Kier alpha value is -1.81. The Labute approximate surface area is 113 Å². The molecule has 0 aromatic heterocycles. The number of benzene rings is 1. The number of hydrogen-bond donors (Lipinski definition) is 2. The van der Waals surface area contributed by atoms with E-state index in [-0.39, 0.29) is 5.91 Å². The molecule has 1 amide bonds. The predicted octanol–water partition coefficient (Wildman–Crippen LogP) is 2.12. The number of ether oxygens (including phenoxy) is 1. The van der Waals surface area contributed by atoms with Crippen molar-refractivity contribution in [2.75, 3.05) is 25.0 Å². The van der Waals surface area contributed by atoms with Crippen LogP contribution >= 0.6 is 0 Å². The topological polar surface area (TPSA) is 50.4 Å². The molecule has 0 saturated carbocycles. The highest BCUT2D eigenvalue weighted by atomic mass is 16.5. The maximum absolute atomic E-state index is 11.3. The standard InChI is InChI=1S/C15H20N2O2/c1-3-16-9-11(2)10-19-13-5-6-14-12(8-13)4-7-15(18)17-14/h5-6,8,16H,2-4,7,9-10H2,1H3,(H,17,18). The second-order valence-electron chi connectivity index (χ2n) is 4.69. The Morgan fingerprint density at radius 1 is 1.47 bits per heavy atom. The van der Waals surface area contributed by atoms with E-state index in [0.717, 1.165) is 42.1 Å². The first-order chi connectivity index (χ1) is 9.19. The number of nitrogens with one attached hydrogen (secondary N) is 2. The van der Waals surface area contributed by atoms with Gasteiger partial charge in [0.05, 0.1) is 0 Å². The molecule has 0 saturated heterocycles. The summed E-state index contributed by atoms with van der Waals surface area (Å²) in [6.45, 7) is 8.24. The molecule has 19 heavy (non-hydrogen) atoms. The van der Waals surface area contributed by atoms with E-state index in [0.29, 0.717) is 13.0 Å². The van der Waals surface area contributed by atoms with Gasteiger partial charge >= 0.3 is 0 Å². The van der Waals surface area contributed by atoms with Crippen molar-refractivity contribution in [1.29, 1.82) is 0 Å². The largest absolute Gasteiger partial charge is 0.489 e. The number of carbonyl (C=O) groups is 1. The fourth-order valence-corrected chi connectivity index (χ4v) is 1.99. The minimum absolute atomic E-state index is 0.0835. The third-order valence-corrected chi connectivity index (χ3v) is 3.04. The molecular weight excluding hydrogens is 240 g/mol. The lowest BCUT2D eigenvalue weighted by molar-refractivity contribution is -0.116. The van der Waals surface area contributed by atoms with Crippen LogP contribution in [0.25, 0.3) is 0 Å². The van der Waals surface area contributed by atoms with Gasteiger partial charge in [0.1, 0.15) is 12.4 Å². The predicted molar refractivity (Wildman–Crippen MR) is 76.6 cm³/mol. The summed E-state index contributed by atoms with van der Waals surface area (Å²) in [5.74, 6) is 0.910. The maximum atomic E-state index is 11.3. The van der Waals surface area contributed by atoms with Crippen LogP contribution in [0.4, 0.5) is 5.69 Å². The molecule has 2 N–H and O–H groups in total. The van der Waals surface area contributed by atoms with E-state index in [9.17, 15) is 4.79 Å². The summed E-state index contributed by atoms with van der Waals surface area (Å²) < 4.78 is 5.71. The molecule has 0 atom stereocenters. The first kappa shape index (κ1) is 13.6. The number of aryl methyl sites for hydroxylation is 1. The SMILES string of the molecule is C=C(CNCC)COc1ccc2c(c1)CCC(=O)N2. The number of carbonyl (C=O) groups excluding carboxylic acids is 1. The molecule has 0 radical (unpaired) electrons. The van der Waals surface area contributed by atoms with Crippen molar-refractivity contribution in [3.63, 3.8) is 0 Å². The highest BCUT2D eigenvalue weighted by Gasteiger charge is 2.14. The summed E-state index contributed by atoms with van der Waals surface area (Å²) in [4.78, 5) is 11.3. The van der Waals surface area contributed by atoms with Crippen molar-refractivity contribution in [1.82, 2.24) is 5.32 Å². The normalized spacial score (nSPS) is 13.6. The monoisotopic (exact) mass is 260 g/mol. The highest BCUT2D eigenvalue weighted by Crippen LogP contribution is 2.26. The van der Waals surface area contributed by atoms with E-state index in [1.807, 2.05) is 18.2 Å². The third kappa shape index (κ3) is 3.83. The van der Waals surface area contributed by atoms with Crippen LogP contribution in [0.5, 0.6) is 5.75 Å². The minimum atomic E-state index is 0.0835. The van der Waals surface area contributed by atoms with Crippen LogP contribution in [0.1, 0.15) is 18.9 Å². The van der Waals surface area contributed by atoms with Crippen LogP contribution in [0, 0.1) is 0 Å². The lowest BCUT2D eigenvalue weighted by Crippen LogP contribution is -2.20. The van der Waals surface area contributed by atoms with E-state index in [1.165, 1.54) is 0 Å². The van der Waals surface area contributed by atoms with Gasteiger partial charge in [-0.15, -0.1) is 0 Å². The van der Waals surface area contributed by atoms with Crippen LogP contribution in [0.3, 0.4) is 0 Å². The molecule has 1 aliphatic heterocycles. The number of anilines is 1. The van der Waals surface area contributed by atoms with E-state index < -0.39 is 0 Å². The molecule has 2 rings (SSSR count). The number of rotatable bonds is 6. The second kappa shape index (κ2) is 6.38. The van der Waals surface area contributed by atoms with Gasteiger partial charge in [0.2, 0.25) is 5.91 Å². The number of hydrogen-bond acceptors (Lipinski definition) is 3. The van der Waals surface area contributed by atoms with Crippen LogP contribution in [-0.2, 0) is 11.2 Å². The van der Waals surface area contributed by atoms with Gasteiger partial charge in [0.15, 0.2) is 0 Å². The molecular formula is C15H20N2O2. The van der Waals surface area contributed by atoms with Crippen molar-refractivity contribution in [2.45, 2.75) is 19.8 Å². The Bertz CT molecular complexity index is 483. The van der Waals surface area contributed by atoms with Gasteiger partial charge < -0.3 is 15.4 Å².